The van der Waals surface area contributed by atoms with Crippen molar-refractivity contribution in [3.05, 3.63) is 279 Å². The summed E-state index contributed by atoms with van der Waals surface area (Å²) < 4.78 is 4.46. The number of hydrogen-bond acceptors (Lipinski definition) is 6. The van der Waals surface area contributed by atoms with Gasteiger partial charge in [0.15, 0.2) is 0 Å². The molecule has 0 bridgehead atoms. The van der Waals surface area contributed by atoms with E-state index in [1.54, 1.807) is 0 Å². The maximum atomic E-state index is 5.42. The van der Waals surface area contributed by atoms with Gasteiger partial charge in [0.05, 0.1) is 79.0 Å². The second kappa shape index (κ2) is 19.6. The van der Waals surface area contributed by atoms with Crippen molar-refractivity contribution in [2.45, 2.75) is 0 Å². The van der Waals surface area contributed by atoms with Crippen molar-refractivity contribution in [1.29, 1.82) is 0 Å². The fourth-order valence-electron chi connectivity index (χ4n) is 11.2. The lowest BCUT2D eigenvalue weighted by Crippen LogP contribution is -2.00. The molecule has 0 unspecified atom stereocenters. The Hall–Kier alpha value is -11.0. The highest BCUT2D eigenvalue weighted by atomic mass is 15.1. The van der Waals surface area contributed by atoms with Crippen molar-refractivity contribution in [3.8, 4) is 102 Å². The zero-order valence-corrected chi connectivity index (χ0v) is 43.1. The second-order valence-corrected chi connectivity index (χ2v) is 19.9. The van der Waals surface area contributed by atoms with Crippen LogP contribution in [0.4, 0.5) is 0 Å². The molecule has 8 heteroatoms. The number of para-hydroxylation sites is 4. The van der Waals surface area contributed by atoms with E-state index in [1.165, 1.54) is 21.5 Å². The van der Waals surface area contributed by atoms with Crippen LogP contribution in [0.15, 0.2) is 279 Å². The molecule has 0 spiro atoms. The Bertz CT molecular complexity index is 4680. The molecule has 8 heterocycles. The lowest BCUT2D eigenvalue weighted by molar-refractivity contribution is 1.08. The first kappa shape index (κ1) is 46.4. The van der Waals surface area contributed by atoms with E-state index >= 15 is 0 Å². The molecule has 80 heavy (non-hydrogen) atoms. The predicted octanol–water partition coefficient (Wildman–Crippen LogP) is 17.6. The van der Waals surface area contributed by atoms with E-state index in [2.05, 4.69) is 215 Å². The van der Waals surface area contributed by atoms with Gasteiger partial charge in [0.2, 0.25) is 0 Å². The Kier molecular flexibility index (Phi) is 11.3. The van der Waals surface area contributed by atoms with Gasteiger partial charge in [0, 0.05) is 21.5 Å². The smallest absolute Gasteiger partial charge is 0.138 e. The van der Waals surface area contributed by atoms with E-state index < -0.39 is 0 Å². The minimum absolute atomic E-state index is 0.695. The molecule has 0 aliphatic carbocycles. The van der Waals surface area contributed by atoms with Crippen molar-refractivity contribution >= 4 is 43.6 Å². The maximum Gasteiger partial charge on any atom is 0.138 e. The van der Waals surface area contributed by atoms with Crippen molar-refractivity contribution in [3.63, 3.8) is 0 Å². The van der Waals surface area contributed by atoms with Crippen LogP contribution in [0.25, 0.3) is 146 Å². The van der Waals surface area contributed by atoms with Crippen LogP contribution in [0.3, 0.4) is 0 Å². The third-order valence-corrected chi connectivity index (χ3v) is 15.0. The third kappa shape index (κ3) is 8.36. The maximum absolute atomic E-state index is 5.42. The van der Waals surface area contributed by atoms with Crippen LogP contribution >= 0.6 is 0 Å². The Morgan fingerprint density at radius 3 is 0.775 bits per heavy atom. The Morgan fingerprint density at radius 1 is 0.175 bits per heavy atom. The number of aromatic nitrogens is 8. The van der Waals surface area contributed by atoms with Crippen LogP contribution in [0.2, 0.25) is 0 Å². The number of rotatable bonds is 10. The molecular formula is C72H46N8. The molecule has 0 fully saturated rings. The van der Waals surface area contributed by atoms with Gasteiger partial charge in [-0.05, 0) is 149 Å². The van der Waals surface area contributed by atoms with Gasteiger partial charge < -0.3 is 0 Å². The van der Waals surface area contributed by atoms with Gasteiger partial charge in [0.1, 0.15) is 11.6 Å². The molecule has 8 nitrogen and oxygen atoms in total. The molecule has 0 radical (unpaired) electrons. The summed E-state index contributed by atoms with van der Waals surface area (Å²) in [6.45, 7) is 0. The molecule has 15 aromatic rings. The van der Waals surface area contributed by atoms with Gasteiger partial charge in [-0.1, -0.05) is 164 Å². The Balaban J connectivity index is 0.846. The monoisotopic (exact) mass is 1020 g/mol. The van der Waals surface area contributed by atoms with Crippen LogP contribution in [0.1, 0.15) is 0 Å². The Labute approximate surface area is 461 Å². The normalized spacial score (nSPS) is 11.5. The lowest BCUT2D eigenvalue weighted by atomic mass is 9.93. The van der Waals surface area contributed by atoms with Crippen molar-refractivity contribution in [2.75, 3.05) is 0 Å². The zero-order chi connectivity index (χ0) is 52.9. The summed E-state index contributed by atoms with van der Waals surface area (Å²) in [6, 6.07) is 96.6. The average molecular weight is 1020 g/mol. The summed E-state index contributed by atoms with van der Waals surface area (Å²) in [5.41, 5.74) is 18.1. The van der Waals surface area contributed by atoms with Gasteiger partial charge >= 0.3 is 0 Å². The molecule has 0 aliphatic heterocycles. The molecule has 0 N–H and O–H groups in total. The van der Waals surface area contributed by atoms with E-state index in [-0.39, 0.29) is 0 Å². The molecule has 8 aromatic heterocycles. The molecular weight excluding hydrogens is 977 g/mol. The zero-order valence-electron chi connectivity index (χ0n) is 43.1. The topological polar surface area (TPSA) is 87.2 Å². The fourth-order valence-corrected chi connectivity index (χ4v) is 11.2. The van der Waals surface area contributed by atoms with Crippen LogP contribution in [0, 0.1) is 0 Å². The van der Waals surface area contributed by atoms with Crippen LogP contribution in [-0.4, -0.2) is 39.0 Å². The van der Waals surface area contributed by atoms with Gasteiger partial charge in [-0.15, -0.1) is 0 Å². The molecule has 0 amide bonds. The molecule has 0 atom stereocenters. The highest BCUT2D eigenvalue weighted by Crippen LogP contribution is 2.38. The van der Waals surface area contributed by atoms with Gasteiger partial charge in [-0.25, -0.2) is 29.9 Å². The first-order chi connectivity index (χ1) is 39.6. The fraction of sp³-hybridized carbons (Fsp3) is 0. The summed E-state index contributed by atoms with van der Waals surface area (Å²) in [4.78, 5) is 31.8. The Morgan fingerprint density at radius 2 is 0.425 bits per heavy atom. The number of pyridine rings is 6. The highest BCUT2D eigenvalue weighted by molar-refractivity contribution is 6.10. The van der Waals surface area contributed by atoms with Crippen LogP contribution in [-0.2, 0) is 0 Å². The predicted molar refractivity (Wildman–Crippen MR) is 325 cm³/mol. The highest BCUT2D eigenvalue weighted by Gasteiger charge is 2.19. The van der Waals surface area contributed by atoms with E-state index in [0.29, 0.717) is 28.5 Å². The molecule has 15 rings (SSSR count). The molecule has 0 saturated heterocycles. The molecule has 0 aliphatic rings. The van der Waals surface area contributed by atoms with Crippen LogP contribution in [0.5, 0.6) is 0 Å². The quantitative estimate of drug-likeness (QED) is 0.136. The van der Waals surface area contributed by atoms with E-state index in [0.717, 1.165) is 95.6 Å². The number of benzene rings is 7. The lowest BCUT2D eigenvalue weighted by Gasteiger charge is -2.14. The van der Waals surface area contributed by atoms with E-state index in [1.807, 2.05) is 72.8 Å². The second-order valence-electron chi connectivity index (χ2n) is 19.9. The summed E-state index contributed by atoms with van der Waals surface area (Å²) >= 11 is 0. The summed E-state index contributed by atoms with van der Waals surface area (Å²) in [5, 5.41) is 4.74. The largest absolute Gasteiger partial charge is 0.294 e. The number of fused-ring (bicyclic) bond motifs is 6. The summed E-state index contributed by atoms with van der Waals surface area (Å²) in [6.07, 6.45) is 0. The van der Waals surface area contributed by atoms with Crippen LogP contribution < -0.4 is 0 Å². The number of nitrogens with zero attached hydrogens (tertiary/aromatic N) is 8. The first-order valence-corrected chi connectivity index (χ1v) is 26.8. The summed E-state index contributed by atoms with van der Waals surface area (Å²) in [5.74, 6) is 1.64. The SMILES string of the molecule is c1ccc(-c2cc(-c3ccccc3)cc(-c3cc(-c4cccc(-c5cccc(-c6cccc(-n7c8ccccc8c8ccccc87)n6)n5)n4)nc(-c4cccc(-c5cccc(-n6c7ccccc7c7ccccc76)n5)n4)c3)c2)cc1. The van der Waals surface area contributed by atoms with Crippen molar-refractivity contribution in [2.24, 2.45) is 0 Å². The minimum Gasteiger partial charge on any atom is -0.294 e. The first-order valence-electron chi connectivity index (χ1n) is 26.8. The minimum atomic E-state index is 0.695. The number of hydrogen-bond donors (Lipinski definition) is 0. The summed E-state index contributed by atoms with van der Waals surface area (Å²) in [7, 11) is 0. The standard InChI is InChI=1S/C72H46N8/c1-3-20-47(21-4-1)49-42-50(48-22-5-2-6-23-48)44-51(43-49)52-45-65(76-66(46-52)64-33-17-31-60(75-64)62-35-19-41-72(78-62)80-69-38-13-9-26-55(69)56-27-10-14-39-70(56)80)63-32-16-29-58(74-63)57-28-15-30-59(73-57)61-34-18-40-71(77-61)79-67-36-11-7-24-53(67)54-25-8-12-37-68(54)79/h1-46H. The average Bonchev–Trinajstić information content (AvgIpc) is 4.20. The van der Waals surface area contributed by atoms with Crippen molar-refractivity contribution in [1.82, 2.24) is 39.0 Å². The van der Waals surface area contributed by atoms with E-state index in [9.17, 15) is 0 Å². The van der Waals surface area contributed by atoms with Gasteiger partial charge in [-0.3, -0.25) is 9.13 Å². The van der Waals surface area contributed by atoms with Gasteiger partial charge in [-0.2, -0.15) is 0 Å². The van der Waals surface area contributed by atoms with E-state index in [4.69, 9.17) is 29.9 Å². The molecule has 374 valence electrons. The molecule has 7 aromatic carbocycles. The molecule has 0 saturated carbocycles. The van der Waals surface area contributed by atoms with Crippen molar-refractivity contribution < 1.29 is 0 Å². The van der Waals surface area contributed by atoms with Gasteiger partial charge in [0.25, 0.3) is 0 Å². The third-order valence-electron chi connectivity index (χ3n) is 15.0.